The predicted octanol–water partition coefficient (Wildman–Crippen LogP) is 2.47. The van der Waals surface area contributed by atoms with Crippen LogP contribution in [0, 0.1) is 11.8 Å². The van der Waals surface area contributed by atoms with E-state index in [1.165, 1.54) is 49.9 Å². The molecule has 4 saturated heterocycles. The predicted molar refractivity (Wildman–Crippen MR) is 108 cm³/mol. The molecule has 0 amide bonds. The van der Waals surface area contributed by atoms with Gasteiger partial charge in [-0.25, -0.2) is 0 Å². The van der Waals surface area contributed by atoms with E-state index in [-0.39, 0.29) is 0 Å². The average Bonchev–Trinajstić information content (AvgIpc) is 3.46. The van der Waals surface area contributed by atoms with Gasteiger partial charge in [-0.2, -0.15) is 0 Å². The number of nitrogens with one attached hydrogen (secondary N) is 1. The molecule has 4 aliphatic heterocycles. The molecule has 0 aliphatic carbocycles. The molecule has 1 aromatic rings. The molecule has 1 N–H and O–H groups in total. The smallest absolute Gasteiger partial charge is 0.193 e. The highest BCUT2D eigenvalue weighted by Crippen LogP contribution is 2.47. The molecule has 4 aliphatic rings. The number of hydrogen-bond donors (Lipinski definition) is 1. The van der Waals surface area contributed by atoms with Gasteiger partial charge in [-0.05, 0) is 49.9 Å². The summed E-state index contributed by atoms with van der Waals surface area (Å²) in [6.07, 6.45) is 6.24. The Kier molecular flexibility index (Phi) is 4.82. The number of nitrogens with zero attached hydrogens (tertiary/aromatic N) is 3. The minimum atomic E-state index is 0.506. The van der Waals surface area contributed by atoms with E-state index in [0.717, 1.165) is 32.1 Å². The zero-order valence-corrected chi connectivity index (χ0v) is 16.4. The number of benzene rings is 1. The number of ether oxygens (including phenoxy) is 1. The normalized spacial score (nSPS) is 33.1. The molecule has 5 nitrogen and oxygen atoms in total. The highest BCUT2D eigenvalue weighted by Gasteiger charge is 2.53. The molecule has 0 aromatic heterocycles. The second-order valence-electron chi connectivity index (χ2n) is 8.72. The van der Waals surface area contributed by atoms with Crippen LogP contribution in [-0.4, -0.2) is 61.2 Å². The molecule has 5 rings (SSSR count). The van der Waals surface area contributed by atoms with Crippen LogP contribution in [0.4, 0.5) is 0 Å². The summed E-state index contributed by atoms with van der Waals surface area (Å²) in [5.41, 5.74) is 2.75. The Bertz CT molecular complexity index is 664. The Morgan fingerprint density at radius 1 is 1.04 bits per heavy atom. The molecule has 146 valence electrons. The first kappa shape index (κ1) is 17.5. The zero-order chi connectivity index (χ0) is 18.2. The first-order valence-electron chi connectivity index (χ1n) is 10.7. The first-order chi connectivity index (χ1) is 13.3. The van der Waals surface area contributed by atoms with E-state index in [1.807, 2.05) is 7.05 Å². The number of rotatable bonds is 4. The molecule has 4 atom stereocenters. The number of fused-ring (bicyclic) bond motifs is 5. The lowest BCUT2D eigenvalue weighted by Crippen LogP contribution is -2.41. The molecule has 4 unspecified atom stereocenters. The van der Waals surface area contributed by atoms with Gasteiger partial charge in [-0.3, -0.25) is 9.89 Å². The van der Waals surface area contributed by atoms with Crippen molar-refractivity contribution in [3.05, 3.63) is 35.4 Å². The van der Waals surface area contributed by atoms with Crippen molar-refractivity contribution in [1.29, 1.82) is 0 Å². The highest BCUT2D eigenvalue weighted by molar-refractivity contribution is 5.80. The third-order valence-corrected chi connectivity index (χ3v) is 7.04. The average molecular weight is 369 g/mol. The van der Waals surface area contributed by atoms with E-state index in [2.05, 4.69) is 44.4 Å². The van der Waals surface area contributed by atoms with Gasteiger partial charge in [-0.15, -0.1) is 0 Å². The summed E-state index contributed by atoms with van der Waals surface area (Å²) in [6, 6.07) is 9.09. The van der Waals surface area contributed by atoms with Crippen molar-refractivity contribution in [3.8, 4) is 0 Å². The van der Waals surface area contributed by atoms with Crippen LogP contribution in [0.25, 0.3) is 0 Å². The van der Waals surface area contributed by atoms with Gasteiger partial charge in [0.1, 0.15) is 0 Å². The van der Waals surface area contributed by atoms with Gasteiger partial charge in [0, 0.05) is 45.1 Å². The van der Waals surface area contributed by atoms with Crippen molar-refractivity contribution in [3.63, 3.8) is 0 Å². The van der Waals surface area contributed by atoms with Crippen LogP contribution in [0.2, 0.25) is 0 Å². The Balaban J connectivity index is 1.14. The van der Waals surface area contributed by atoms with E-state index in [4.69, 9.17) is 4.74 Å². The molecule has 2 bridgehead atoms. The fourth-order valence-electron chi connectivity index (χ4n) is 5.61. The van der Waals surface area contributed by atoms with Crippen molar-refractivity contribution >= 4 is 5.96 Å². The zero-order valence-electron chi connectivity index (χ0n) is 16.4. The van der Waals surface area contributed by atoms with Crippen LogP contribution in [-0.2, 0) is 17.8 Å². The molecule has 4 heterocycles. The monoisotopic (exact) mass is 368 g/mol. The van der Waals surface area contributed by atoms with E-state index in [9.17, 15) is 0 Å². The van der Waals surface area contributed by atoms with Crippen molar-refractivity contribution in [2.24, 2.45) is 16.8 Å². The first-order valence-corrected chi connectivity index (χ1v) is 10.7. The van der Waals surface area contributed by atoms with Gasteiger partial charge >= 0.3 is 0 Å². The molecule has 1 aromatic carbocycles. The summed E-state index contributed by atoms with van der Waals surface area (Å²) in [5.74, 6) is 2.48. The largest absolute Gasteiger partial charge is 0.374 e. The summed E-state index contributed by atoms with van der Waals surface area (Å²) >= 11 is 0. The minimum absolute atomic E-state index is 0.506. The van der Waals surface area contributed by atoms with Crippen LogP contribution < -0.4 is 5.32 Å². The van der Waals surface area contributed by atoms with Gasteiger partial charge in [0.25, 0.3) is 0 Å². The van der Waals surface area contributed by atoms with Gasteiger partial charge in [0.05, 0.1) is 12.2 Å². The Labute approximate surface area is 162 Å². The lowest BCUT2D eigenvalue weighted by atomic mass is 9.82. The topological polar surface area (TPSA) is 40.1 Å². The van der Waals surface area contributed by atoms with E-state index >= 15 is 0 Å². The lowest BCUT2D eigenvalue weighted by Gasteiger charge is -2.23. The lowest BCUT2D eigenvalue weighted by molar-refractivity contribution is 0.0767. The minimum Gasteiger partial charge on any atom is -0.374 e. The van der Waals surface area contributed by atoms with Crippen LogP contribution in [0.3, 0.4) is 0 Å². The summed E-state index contributed by atoms with van der Waals surface area (Å²) in [6.45, 7) is 6.64. The fraction of sp³-hybridized carbons (Fsp3) is 0.682. The van der Waals surface area contributed by atoms with Gasteiger partial charge in [-0.1, -0.05) is 24.3 Å². The summed E-state index contributed by atoms with van der Waals surface area (Å²) in [5, 5.41) is 3.58. The SMILES string of the molecule is CN=C(NCc1ccc(CN2CCCC2)cc1)N1CC2C3CCC(O3)C2C1. The molecule has 0 spiro atoms. The van der Waals surface area contributed by atoms with Crippen molar-refractivity contribution in [1.82, 2.24) is 15.1 Å². The second kappa shape index (κ2) is 7.44. The van der Waals surface area contributed by atoms with E-state index < -0.39 is 0 Å². The number of guanidine groups is 1. The van der Waals surface area contributed by atoms with Crippen LogP contribution in [0.15, 0.2) is 29.3 Å². The molecule has 4 fully saturated rings. The Morgan fingerprint density at radius 3 is 2.30 bits per heavy atom. The van der Waals surface area contributed by atoms with Crippen LogP contribution >= 0.6 is 0 Å². The van der Waals surface area contributed by atoms with E-state index in [1.54, 1.807) is 0 Å². The third kappa shape index (κ3) is 3.47. The number of likely N-dealkylation sites (tertiary alicyclic amines) is 2. The molecule has 27 heavy (non-hydrogen) atoms. The van der Waals surface area contributed by atoms with Crippen LogP contribution in [0.5, 0.6) is 0 Å². The quantitative estimate of drug-likeness (QED) is 0.655. The maximum atomic E-state index is 6.10. The third-order valence-electron chi connectivity index (χ3n) is 7.04. The van der Waals surface area contributed by atoms with Crippen molar-refractivity contribution < 1.29 is 4.74 Å². The second-order valence-corrected chi connectivity index (χ2v) is 8.72. The Hall–Kier alpha value is -1.59. The standard InChI is InChI=1S/C22H32N4O/c1-23-22(26-14-18-19(15-26)21-9-8-20(18)27-21)24-12-16-4-6-17(7-5-16)13-25-10-2-3-11-25/h4-7,18-21H,2-3,8-15H2,1H3,(H,23,24). The van der Waals surface area contributed by atoms with Crippen molar-refractivity contribution in [2.45, 2.75) is 51.0 Å². The molecule has 0 saturated carbocycles. The van der Waals surface area contributed by atoms with Crippen molar-refractivity contribution in [2.75, 3.05) is 33.2 Å². The van der Waals surface area contributed by atoms with Gasteiger partial charge < -0.3 is 15.0 Å². The molecular formula is C22H32N4O. The van der Waals surface area contributed by atoms with E-state index in [0.29, 0.717) is 24.0 Å². The number of aliphatic imine (C=N–C) groups is 1. The Morgan fingerprint density at radius 2 is 1.67 bits per heavy atom. The van der Waals surface area contributed by atoms with Gasteiger partial charge in [0.15, 0.2) is 5.96 Å². The molecule has 0 radical (unpaired) electrons. The summed E-state index contributed by atoms with van der Waals surface area (Å²) < 4.78 is 6.10. The summed E-state index contributed by atoms with van der Waals surface area (Å²) in [7, 11) is 1.90. The fourth-order valence-corrected chi connectivity index (χ4v) is 5.61. The van der Waals surface area contributed by atoms with Crippen LogP contribution in [0.1, 0.15) is 36.8 Å². The molecule has 5 heteroatoms. The maximum absolute atomic E-state index is 6.10. The number of hydrogen-bond acceptors (Lipinski definition) is 3. The molecular weight excluding hydrogens is 336 g/mol. The maximum Gasteiger partial charge on any atom is 0.193 e. The van der Waals surface area contributed by atoms with Gasteiger partial charge in [0.2, 0.25) is 0 Å². The highest BCUT2D eigenvalue weighted by atomic mass is 16.5. The summed E-state index contributed by atoms with van der Waals surface area (Å²) in [4.78, 5) is 9.55.